The van der Waals surface area contributed by atoms with Crippen LogP contribution in [0.3, 0.4) is 0 Å². The van der Waals surface area contributed by atoms with Crippen LogP contribution in [-0.4, -0.2) is 41.5 Å². The van der Waals surface area contributed by atoms with E-state index in [9.17, 15) is 4.79 Å². The maximum absolute atomic E-state index is 13.3. The van der Waals surface area contributed by atoms with Gasteiger partial charge in [-0.05, 0) is 55.2 Å². The molecule has 1 atom stereocenters. The van der Waals surface area contributed by atoms with Crippen molar-refractivity contribution in [3.63, 3.8) is 0 Å². The highest BCUT2D eigenvalue weighted by molar-refractivity contribution is 5.85. The van der Waals surface area contributed by atoms with Crippen molar-refractivity contribution in [2.45, 2.75) is 44.1 Å². The molecular weight excluding hydrogens is 360 g/mol. The Morgan fingerprint density at radius 3 is 2.48 bits per heavy atom. The molecule has 3 aliphatic rings. The van der Waals surface area contributed by atoms with Crippen LogP contribution < -0.4 is 4.90 Å². The number of rotatable bonds is 3. The van der Waals surface area contributed by atoms with Gasteiger partial charge >= 0.3 is 0 Å². The van der Waals surface area contributed by atoms with Gasteiger partial charge in [-0.2, -0.15) is 5.26 Å². The van der Waals surface area contributed by atoms with Crippen LogP contribution in [0.2, 0.25) is 0 Å². The van der Waals surface area contributed by atoms with E-state index in [-0.39, 0.29) is 11.3 Å². The normalized spacial score (nSPS) is 23.8. The predicted octanol–water partition coefficient (Wildman–Crippen LogP) is 3.72. The molecular formula is C24H26N4O. The number of carbonyl (C=O) groups excluding carboxylic acids is 1. The summed E-state index contributed by atoms with van der Waals surface area (Å²) in [6, 6.07) is 18.6. The van der Waals surface area contributed by atoms with Gasteiger partial charge in [-0.15, -0.1) is 0 Å². The molecule has 1 aromatic carbocycles. The van der Waals surface area contributed by atoms with Gasteiger partial charge in [-0.1, -0.05) is 36.4 Å². The Balaban J connectivity index is 1.37. The number of carbonyl (C=O) groups is 1. The molecule has 3 heterocycles. The first-order chi connectivity index (χ1) is 14.2. The summed E-state index contributed by atoms with van der Waals surface area (Å²) >= 11 is 0. The lowest BCUT2D eigenvalue weighted by Crippen LogP contribution is -2.54. The highest BCUT2D eigenvalue weighted by Crippen LogP contribution is 2.48. The number of pyridine rings is 1. The Morgan fingerprint density at radius 1 is 1.03 bits per heavy atom. The minimum Gasteiger partial charge on any atom is -0.357 e. The molecule has 1 saturated carbocycles. The third-order valence-corrected chi connectivity index (χ3v) is 6.91. The molecule has 5 heteroatoms. The van der Waals surface area contributed by atoms with E-state index in [0.29, 0.717) is 17.6 Å². The van der Waals surface area contributed by atoms with Gasteiger partial charge < -0.3 is 9.80 Å². The van der Waals surface area contributed by atoms with Crippen molar-refractivity contribution in [2.75, 3.05) is 24.5 Å². The van der Waals surface area contributed by atoms with E-state index in [1.807, 2.05) is 30.3 Å². The van der Waals surface area contributed by atoms with Crippen molar-refractivity contribution in [3.8, 4) is 6.07 Å². The average Bonchev–Trinajstić information content (AvgIpc) is 3.62. The lowest BCUT2D eigenvalue weighted by molar-refractivity contribution is -0.141. The molecule has 1 amide bonds. The minimum atomic E-state index is -0.0165. The lowest BCUT2D eigenvalue weighted by atomic mass is 9.67. The van der Waals surface area contributed by atoms with Crippen molar-refractivity contribution in [1.29, 1.82) is 5.26 Å². The number of aromatic nitrogens is 1. The topological polar surface area (TPSA) is 60.2 Å². The highest BCUT2D eigenvalue weighted by Gasteiger charge is 2.49. The zero-order valence-electron chi connectivity index (χ0n) is 16.6. The molecule has 2 aliphatic heterocycles. The largest absolute Gasteiger partial charge is 0.357 e. The maximum atomic E-state index is 13.3. The number of nitriles is 1. The molecule has 1 aliphatic carbocycles. The monoisotopic (exact) mass is 386 g/mol. The Bertz CT molecular complexity index is 939. The molecule has 1 aromatic heterocycles. The van der Waals surface area contributed by atoms with Gasteiger partial charge in [0.1, 0.15) is 17.6 Å². The van der Waals surface area contributed by atoms with Crippen LogP contribution in [0.1, 0.15) is 49.3 Å². The molecule has 148 valence electrons. The third-order valence-electron chi connectivity index (χ3n) is 6.91. The van der Waals surface area contributed by atoms with Gasteiger partial charge in [0.2, 0.25) is 5.91 Å². The van der Waals surface area contributed by atoms with E-state index in [4.69, 9.17) is 5.26 Å². The number of hydrogen-bond donors (Lipinski definition) is 0. The van der Waals surface area contributed by atoms with Gasteiger partial charge in [0.05, 0.1) is 5.92 Å². The zero-order chi connectivity index (χ0) is 19.8. The fourth-order valence-corrected chi connectivity index (χ4v) is 5.10. The molecule has 29 heavy (non-hydrogen) atoms. The van der Waals surface area contributed by atoms with Crippen LogP contribution in [0.25, 0.3) is 0 Å². The number of amides is 1. The third kappa shape index (κ3) is 3.48. The second-order valence-electron chi connectivity index (χ2n) is 8.84. The molecule has 1 unspecified atom stereocenters. The fourth-order valence-electron chi connectivity index (χ4n) is 5.10. The number of hydrogen-bond acceptors (Lipinski definition) is 4. The van der Waals surface area contributed by atoms with E-state index < -0.39 is 0 Å². The molecule has 5 nitrogen and oxygen atoms in total. The van der Waals surface area contributed by atoms with Crippen molar-refractivity contribution in [3.05, 3.63) is 59.8 Å². The van der Waals surface area contributed by atoms with Crippen LogP contribution in [-0.2, 0) is 4.79 Å². The van der Waals surface area contributed by atoms with Crippen molar-refractivity contribution >= 4 is 11.7 Å². The Morgan fingerprint density at radius 2 is 1.79 bits per heavy atom. The van der Waals surface area contributed by atoms with Crippen LogP contribution in [0.15, 0.2) is 48.5 Å². The van der Waals surface area contributed by atoms with Crippen LogP contribution in [0.4, 0.5) is 5.82 Å². The summed E-state index contributed by atoms with van der Waals surface area (Å²) in [5, 5.41) is 9.14. The van der Waals surface area contributed by atoms with Crippen molar-refractivity contribution in [2.24, 2.45) is 5.41 Å². The quantitative estimate of drug-likeness (QED) is 0.807. The van der Waals surface area contributed by atoms with Gasteiger partial charge in [-0.3, -0.25) is 4.79 Å². The fraction of sp³-hybridized carbons (Fsp3) is 0.458. The van der Waals surface area contributed by atoms with E-state index in [1.54, 1.807) is 6.07 Å². The number of nitrogens with zero attached hydrogens (tertiary/aromatic N) is 4. The second kappa shape index (κ2) is 7.18. The maximum Gasteiger partial charge on any atom is 0.230 e. The summed E-state index contributed by atoms with van der Waals surface area (Å²) in [5.41, 5.74) is 1.81. The number of piperidine rings is 2. The summed E-state index contributed by atoms with van der Waals surface area (Å²) in [5.74, 6) is 1.21. The highest BCUT2D eigenvalue weighted by atomic mass is 16.2. The Kier molecular flexibility index (Phi) is 4.50. The lowest BCUT2D eigenvalue weighted by Gasteiger charge is -2.50. The Hall–Kier alpha value is -2.87. The summed E-state index contributed by atoms with van der Waals surface area (Å²) in [6.45, 7) is 2.76. The standard InChI is InChI=1S/C24H26N4O/c25-16-19-7-4-8-22(26-19)27-13-11-24(12-14-27)15-21(18-5-2-1-3-6-18)23(29)28(17-24)20-9-10-20/h1-8,20-21H,9-15,17H2. The number of benzene rings is 1. The molecule has 2 aromatic rings. The molecule has 3 fully saturated rings. The summed E-state index contributed by atoms with van der Waals surface area (Å²) in [6.07, 6.45) is 5.37. The molecule has 1 spiro atoms. The molecule has 5 rings (SSSR count). The number of likely N-dealkylation sites (tertiary alicyclic amines) is 1. The van der Waals surface area contributed by atoms with E-state index >= 15 is 0 Å². The van der Waals surface area contributed by atoms with Gasteiger partial charge in [0, 0.05) is 25.7 Å². The van der Waals surface area contributed by atoms with Gasteiger partial charge in [-0.25, -0.2) is 4.98 Å². The molecule has 2 saturated heterocycles. The predicted molar refractivity (Wildman–Crippen MR) is 111 cm³/mol. The van der Waals surface area contributed by atoms with E-state index in [1.165, 1.54) is 0 Å². The first kappa shape index (κ1) is 18.2. The molecule has 0 bridgehead atoms. The van der Waals surface area contributed by atoms with E-state index in [2.05, 4.69) is 33.0 Å². The van der Waals surface area contributed by atoms with Gasteiger partial charge in [0.25, 0.3) is 0 Å². The van der Waals surface area contributed by atoms with Crippen LogP contribution in [0, 0.1) is 16.7 Å². The van der Waals surface area contributed by atoms with Crippen LogP contribution in [0.5, 0.6) is 0 Å². The average molecular weight is 386 g/mol. The first-order valence-electron chi connectivity index (χ1n) is 10.7. The molecule has 0 radical (unpaired) electrons. The van der Waals surface area contributed by atoms with Gasteiger partial charge in [0.15, 0.2) is 0 Å². The smallest absolute Gasteiger partial charge is 0.230 e. The summed E-state index contributed by atoms with van der Waals surface area (Å²) in [7, 11) is 0. The molecule has 0 N–H and O–H groups in total. The van der Waals surface area contributed by atoms with Crippen molar-refractivity contribution < 1.29 is 4.79 Å². The number of anilines is 1. The first-order valence-corrected chi connectivity index (χ1v) is 10.7. The Labute approximate surface area is 172 Å². The SMILES string of the molecule is N#Cc1cccc(N2CCC3(CC2)CC(c2ccccc2)C(=O)N(C2CC2)C3)n1. The van der Waals surface area contributed by atoms with Crippen molar-refractivity contribution in [1.82, 2.24) is 9.88 Å². The summed E-state index contributed by atoms with van der Waals surface area (Å²) < 4.78 is 0. The van der Waals surface area contributed by atoms with E-state index in [0.717, 1.165) is 63.1 Å². The minimum absolute atomic E-state index is 0.0165. The zero-order valence-corrected chi connectivity index (χ0v) is 16.6. The summed E-state index contributed by atoms with van der Waals surface area (Å²) in [4.78, 5) is 22.2. The van der Waals surface area contributed by atoms with Crippen LogP contribution >= 0.6 is 0 Å². The second-order valence-corrected chi connectivity index (χ2v) is 8.84.